The highest BCUT2D eigenvalue weighted by molar-refractivity contribution is 7.07. The van der Waals surface area contributed by atoms with Gasteiger partial charge in [-0.3, -0.25) is 4.79 Å². The maximum Gasteiger partial charge on any atom is 0.405 e. The minimum atomic E-state index is -4.37. The first-order chi connectivity index (χ1) is 7.47. The van der Waals surface area contributed by atoms with Crippen molar-refractivity contribution in [1.82, 2.24) is 15.6 Å². The van der Waals surface area contributed by atoms with Gasteiger partial charge in [0, 0.05) is 11.9 Å². The van der Waals surface area contributed by atoms with E-state index in [0.29, 0.717) is 6.54 Å². The van der Waals surface area contributed by atoms with Gasteiger partial charge >= 0.3 is 6.18 Å². The van der Waals surface area contributed by atoms with Crippen LogP contribution in [0.2, 0.25) is 0 Å². The van der Waals surface area contributed by atoms with Gasteiger partial charge in [0.15, 0.2) is 0 Å². The smallest absolute Gasteiger partial charge is 0.346 e. The molecule has 0 unspecified atom stereocenters. The number of nitrogens with zero attached hydrogens (tertiary/aromatic N) is 1. The van der Waals surface area contributed by atoms with Crippen molar-refractivity contribution in [3.8, 4) is 0 Å². The fourth-order valence-electron chi connectivity index (χ4n) is 0.890. The number of alkyl halides is 3. The molecule has 0 bridgehead atoms. The molecule has 17 heavy (non-hydrogen) atoms. The zero-order valence-electron chi connectivity index (χ0n) is 8.58. The monoisotopic (exact) mass is 289 g/mol. The Bertz CT molecular complexity index is 331. The molecule has 0 saturated heterocycles. The second-order valence-electron chi connectivity index (χ2n) is 2.98. The molecule has 2 N–H and O–H groups in total. The number of nitrogens with one attached hydrogen (secondary N) is 2. The highest BCUT2D eigenvalue weighted by Gasteiger charge is 2.27. The molecular weight excluding hydrogens is 279 g/mol. The Morgan fingerprint density at radius 3 is 2.71 bits per heavy atom. The van der Waals surface area contributed by atoms with E-state index in [2.05, 4.69) is 10.3 Å². The van der Waals surface area contributed by atoms with Crippen LogP contribution < -0.4 is 10.6 Å². The van der Waals surface area contributed by atoms with Crippen LogP contribution in [0, 0.1) is 0 Å². The molecule has 0 saturated carbocycles. The van der Waals surface area contributed by atoms with Gasteiger partial charge in [-0.25, -0.2) is 4.98 Å². The van der Waals surface area contributed by atoms with Crippen molar-refractivity contribution < 1.29 is 18.0 Å². The normalized spacial score (nSPS) is 10.8. The molecule has 0 atom stereocenters. The van der Waals surface area contributed by atoms with Gasteiger partial charge in [0.05, 0.1) is 17.7 Å². The molecule has 0 aliphatic rings. The van der Waals surface area contributed by atoms with E-state index in [9.17, 15) is 18.0 Å². The number of hydrogen-bond donors (Lipinski definition) is 2. The van der Waals surface area contributed by atoms with Crippen LogP contribution in [0.3, 0.4) is 0 Å². The van der Waals surface area contributed by atoms with E-state index < -0.39 is 18.6 Å². The van der Waals surface area contributed by atoms with Gasteiger partial charge in [0.2, 0.25) is 5.91 Å². The minimum absolute atomic E-state index is 0. The van der Waals surface area contributed by atoms with Crippen molar-refractivity contribution in [1.29, 1.82) is 0 Å². The Morgan fingerprint density at radius 2 is 2.18 bits per heavy atom. The van der Waals surface area contributed by atoms with Crippen molar-refractivity contribution in [2.24, 2.45) is 0 Å². The summed E-state index contributed by atoms with van der Waals surface area (Å²) >= 11 is 1.41. The lowest BCUT2D eigenvalue weighted by Crippen LogP contribution is -2.39. The number of thiazole rings is 1. The van der Waals surface area contributed by atoms with E-state index in [1.807, 2.05) is 0 Å². The average Bonchev–Trinajstić information content (AvgIpc) is 2.66. The van der Waals surface area contributed by atoms with Gasteiger partial charge < -0.3 is 10.6 Å². The number of aromatic nitrogens is 1. The van der Waals surface area contributed by atoms with Gasteiger partial charge in [0.25, 0.3) is 0 Å². The molecule has 0 aromatic carbocycles. The molecule has 0 spiro atoms. The number of rotatable bonds is 5. The van der Waals surface area contributed by atoms with Crippen molar-refractivity contribution in [2.45, 2.75) is 12.7 Å². The van der Waals surface area contributed by atoms with Crippen LogP contribution in [0.25, 0.3) is 0 Å². The van der Waals surface area contributed by atoms with E-state index in [4.69, 9.17) is 0 Å². The Morgan fingerprint density at radius 1 is 1.47 bits per heavy atom. The maximum atomic E-state index is 11.7. The van der Waals surface area contributed by atoms with Crippen LogP contribution >= 0.6 is 23.7 Å². The lowest BCUT2D eigenvalue weighted by atomic mass is 10.4. The summed E-state index contributed by atoms with van der Waals surface area (Å²) in [5, 5.41) is 6.24. The molecular formula is C8H11ClF3N3OS. The SMILES string of the molecule is Cl.O=C(CNCc1cscn1)NCC(F)(F)F. The summed E-state index contributed by atoms with van der Waals surface area (Å²) in [6, 6.07) is 0. The second kappa shape index (κ2) is 7.46. The standard InChI is InChI=1S/C8H10F3N3OS.ClH/c9-8(10,11)4-13-7(15)2-12-1-6-3-16-5-14-6;/h3,5,12H,1-2,4H2,(H,13,15);1H. The summed E-state index contributed by atoms with van der Waals surface area (Å²) in [5.74, 6) is -0.687. The fraction of sp³-hybridized carbons (Fsp3) is 0.500. The highest BCUT2D eigenvalue weighted by atomic mass is 35.5. The van der Waals surface area contributed by atoms with Crippen LogP contribution in [0.15, 0.2) is 10.9 Å². The number of halogens is 4. The highest BCUT2D eigenvalue weighted by Crippen LogP contribution is 2.11. The molecule has 1 amide bonds. The Balaban J connectivity index is 0.00000256. The summed E-state index contributed by atoms with van der Waals surface area (Å²) < 4.78 is 35.2. The second-order valence-corrected chi connectivity index (χ2v) is 3.69. The zero-order valence-corrected chi connectivity index (χ0v) is 10.2. The number of carbonyl (C=O) groups is 1. The predicted molar refractivity (Wildman–Crippen MR) is 60.1 cm³/mol. The van der Waals surface area contributed by atoms with Crippen molar-refractivity contribution >= 4 is 29.7 Å². The van der Waals surface area contributed by atoms with Crippen LogP contribution in [0.5, 0.6) is 0 Å². The van der Waals surface area contributed by atoms with Crippen LogP contribution in [0.4, 0.5) is 13.2 Å². The molecule has 1 aromatic heterocycles. The minimum Gasteiger partial charge on any atom is -0.346 e. The average molecular weight is 290 g/mol. The van der Waals surface area contributed by atoms with Crippen molar-refractivity contribution in [2.75, 3.05) is 13.1 Å². The Kier molecular flexibility index (Phi) is 7.09. The van der Waals surface area contributed by atoms with Crippen LogP contribution in [0.1, 0.15) is 5.69 Å². The van der Waals surface area contributed by atoms with Gasteiger partial charge in [0.1, 0.15) is 6.54 Å². The molecule has 0 fully saturated rings. The fourth-order valence-corrected chi connectivity index (χ4v) is 1.45. The predicted octanol–water partition coefficient (Wildman–Crippen LogP) is 1.33. The van der Waals surface area contributed by atoms with Gasteiger partial charge in [-0.15, -0.1) is 23.7 Å². The molecule has 1 rings (SSSR count). The van der Waals surface area contributed by atoms with Crippen molar-refractivity contribution in [3.63, 3.8) is 0 Å². The van der Waals surface area contributed by atoms with Gasteiger partial charge in [-0.05, 0) is 0 Å². The molecule has 0 aliphatic carbocycles. The zero-order chi connectivity index (χ0) is 12.0. The lowest BCUT2D eigenvalue weighted by molar-refractivity contribution is -0.137. The molecule has 1 heterocycles. The third-order valence-electron chi connectivity index (χ3n) is 1.56. The first-order valence-electron chi connectivity index (χ1n) is 4.38. The van der Waals surface area contributed by atoms with E-state index in [-0.39, 0.29) is 19.0 Å². The van der Waals surface area contributed by atoms with Crippen LogP contribution in [-0.4, -0.2) is 30.2 Å². The summed E-state index contributed by atoms with van der Waals surface area (Å²) in [7, 11) is 0. The quantitative estimate of drug-likeness (QED) is 0.860. The third-order valence-corrected chi connectivity index (χ3v) is 2.20. The molecule has 98 valence electrons. The Hall–Kier alpha value is -0.860. The third kappa shape index (κ3) is 7.94. The lowest BCUT2D eigenvalue weighted by Gasteiger charge is -2.08. The molecule has 4 nitrogen and oxygen atoms in total. The van der Waals surface area contributed by atoms with E-state index in [1.54, 1.807) is 16.2 Å². The summed E-state index contributed by atoms with van der Waals surface area (Å²) in [5.41, 5.74) is 2.40. The molecule has 9 heteroatoms. The molecule has 0 aliphatic heterocycles. The number of hydrogen-bond acceptors (Lipinski definition) is 4. The van der Waals surface area contributed by atoms with E-state index >= 15 is 0 Å². The summed E-state index contributed by atoms with van der Waals surface area (Å²) in [4.78, 5) is 14.9. The maximum absolute atomic E-state index is 11.7. The first-order valence-corrected chi connectivity index (χ1v) is 5.33. The number of carbonyl (C=O) groups excluding carboxylic acids is 1. The van der Waals surface area contributed by atoms with E-state index in [1.165, 1.54) is 11.3 Å². The topological polar surface area (TPSA) is 54.0 Å². The number of amides is 1. The van der Waals surface area contributed by atoms with Gasteiger partial charge in [-0.2, -0.15) is 13.2 Å². The summed E-state index contributed by atoms with van der Waals surface area (Å²) in [6.45, 7) is -1.10. The van der Waals surface area contributed by atoms with E-state index in [0.717, 1.165) is 5.69 Å². The molecule has 1 aromatic rings. The largest absolute Gasteiger partial charge is 0.405 e. The molecule has 0 radical (unpaired) electrons. The summed E-state index contributed by atoms with van der Waals surface area (Å²) in [6.07, 6.45) is -4.37. The van der Waals surface area contributed by atoms with Crippen molar-refractivity contribution in [3.05, 3.63) is 16.6 Å². The van der Waals surface area contributed by atoms with Crippen LogP contribution in [-0.2, 0) is 11.3 Å². The van der Waals surface area contributed by atoms with Gasteiger partial charge in [-0.1, -0.05) is 0 Å². The Labute approximate surface area is 106 Å². The first kappa shape index (κ1) is 16.1.